The molecule has 0 aliphatic carbocycles. The Morgan fingerprint density at radius 2 is 1.95 bits per heavy atom. The molecule has 5 heteroatoms. The Kier molecular flexibility index (Phi) is 3.76. The number of Topliss-reactive ketones (excluding diaryl/α,β-unsaturated/α-hetero) is 2. The summed E-state index contributed by atoms with van der Waals surface area (Å²) in [7, 11) is 0. The fourth-order valence-corrected chi connectivity index (χ4v) is 2.09. The molecule has 1 aromatic carbocycles. The first-order chi connectivity index (χ1) is 9.00. The highest BCUT2D eigenvalue weighted by molar-refractivity contribution is 6.01. The lowest BCUT2D eigenvalue weighted by Gasteiger charge is -2.19. The topological polar surface area (TPSA) is 74.7 Å². The van der Waals surface area contributed by atoms with E-state index in [0.29, 0.717) is 11.1 Å². The molecule has 5 nitrogen and oxygen atoms in total. The number of rotatable bonds is 5. The number of aliphatic hydroxyl groups is 1. The molecular weight excluding hydrogens is 246 g/mol. The minimum atomic E-state index is -1.08. The van der Waals surface area contributed by atoms with Gasteiger partial charge in [0.25, 0.3) is 5.91 Å². The fraction of sp³-hybridized carbons (Fsp3) is 0.357. The van der Waals surface area contributed by atoms with Gasteiger partial charge in [0.15, 0.2) is 12.0 Å². The summed E-state index contributed by atoms with van der Waals surface area (Å²) in [5, 5.41) is 10.0. The Labute approximate surface area is 110 Å². The van der Waals surface area contributed by atoms with Crippen molar-refractivity contribution in [1.29, 1.82) is 0 Å². The van der Waals surface area contributed by atoms with E-state index in [4.69, 9.17) is 0 Å². The van der Waals surface area contributed by atoms with Crippen LogP contribution in [0.15, 0.2) is 24.3 Å². The standard InChI is InChI=1S/C14H15NO4/c1-9(16)6-7-10(17)8-15-13(18)11-4-2-3-5-12(11)14(15)19/h2-5,13,18H,6-8H2,1H3. The Bertz CT molecular complexity index is 538. The summed E-state index contributed by atoms with van der Waals surface area (Å²) in [5.74, 6) is -0.639. The number of benzene rings is 1. The molecule has 0 spiro atoms. The summed E-state index contributed by atoms with van der Waals surface area (Å²) >= 11 is 0. The van der Waals surface area contributed by atoms with Crippen molar-refractivity contribution in [2.24, 2.45) is 0 Å². The highest BCUT2D eigenvalue weighted by Crippen LogP contribution is 2.31. The molecule has 0 fully saturated rings. The molecular formula is C14H15NO4. The maximum Gasteiger partial charge on any atom is 0.257 e. The average molecular weight is 261 g/mol. The number of amides is 1. The van der Waals surface area contributed by atoms with Gasteiger partial charge in [0, 0.05) is 24.0 Å². The molecule has 19 heavy (non-hydrogen) atoms. The first-order valence-corrected chi connectivity index (χ1v) is 6.10. The van der Waals surface area contributed by atoms with Crippen LogP contribution >= 0.6 is 0 Å². The van der Waals surface area contributed by atoms with E-state index in [2.05, 4.69) is 0 Å². The third-order valence-electron chi connectivity index (χ3n) is 3.13. The molecule has 0 aromatic heterocycles. The van der Waals surface area contributed by atoms with Crippen LogP contribution in [-0.2, 0) is 9.59 Å². The zero-order valence-electron chi connectivity index (χ0n) is 10.6. The molecule has 0 saturated heterocycles. The number of aliphatic hydroxyl groups excluding tert-OH is 1. The molecule has 2 rings (SSSR count). The second-order valence-electron chi connectivity index (χ2n) is 4.63. The Morgan fingerprint density at radius 1 is 1.26 bits per heavy atom. The van der Waals surface area contributed by atoms with Gasteiger partial charge in [-0.05, 0) is 13.0 Å². The van der Waals surface area contributed by atoms with Crippen LogP contribution in [0.5, 0.6) is 0 Å². The van der Waals surface area contributed by atoms with E-state index in [1.54, 1.807) is 24.3 Å². The molecule has 0 bridgehead atoms. The molecule has 100 valence electrons. The molecule has 1 aliphatic rings. The van der Waals surface area contributed by atoms with Crippen molar-refractivity contribution < 1.29 is 19.5 Å². The lowest BCUT2D eigenvalue weighted by atomic mass is 10.1. The third kappa shape index (κ3) is 2.71. The highest BCUT2D eigenvalue weighted by atomic mass is 16.3. The van der Waals surface area contributed by atoms with Crippen LogP contribution in [0, 0.1) is 0 Å². The van der Waals surface area contributed by atoms with Gasteiger partial charge in [-0.2, -0.15) is 0 Å². The lowest BCUT2D eigenvalue weighted by Crippen LogP contribution is -2.33. The van der Waals surface area contributed by atoms with Crippen molar-refractivity contribution in [1.82, 2.24) is 4.90 Å². The molecule has 0 saturated carbocycles. The minimum absolute atomic E-state index is 0.0649. The minimum Gasteiger partial charge on any atom is -0.369 e. The lowest BCUT2D eigenvalue weighted by molar-refractivity contribution is -0.125. The number of carbonyl (C=O) groups is 3. The number of carbonyl (C=O) groups excluding carboxylic acids is 3. The van der Waals surface area contributed by atoms with E-state index >= 15 is 0 Å². The van der Waals surface area contributed by atoms with E-state index < -0.39 is 6.23 Å². The maximum absolute atomic E-state index is 12.0. The first-order valence-electron chi connectivity index (χ1n) is 6.10. The highest BCUT2D eigenvalue weighted by Gasteiger charge is 2.35. The van der Waals surface area contributed by atoms with Crippen molar-refractivity contribution in [3.63, 3.8) is 0 Å². The van der Waals surface area contributed by atoms with Crippen LogP contribution < -0.4 is 0 Å². The van der Waals surface area contributed by atoms with E-state index in [-0.39, 0.29) is 36.9 Å². The van der Waals surface area contributed by atoms with Crippen LogP contribution in [0.25, 0.3) is 0 Å². The second-order valence-corrected chi connectivity index (χ2v) is 4.63. The zero-order chi connectivity index (χ0) is 14.0. The quantitative estimate of drug-likeness (QED) is 0.860. The molecule has 1 unspecified atom stereocenters. The molecule has 1 N–H and O–H groups in total. The van der Waals surface area contributed by atoms with Crippen molar-refractivity contribution >= 4 is 17.5 Å². The summed E-state index contributed by atoms with van der Waals surface area (Å²) in [6.45, 7) is 1.25. The van der Waals surface area contributed by atoms with Gasteiger partial charge < -0.3 is 14.8 Å². The average Bonchev–Trinajstić information content (AvgIpc) is 2.62. The first kappa shape index (κ1) is 13.4. The van der Waals surface area contributed by atoms with Crippen LogP contribution in [0.1, 0.15) is 41.9 Å². The van der Waals surface area contributed by atoms with Gasteiger partial charge in [-0.3, -0.25) is 9.59 Å². The van der Waals surface area contributed by atoms with Crippen LogP contribution in [0.2, 0.25) is 0 Å². The summed E-state index contributed by atoms with van der Waals surface area (Å²) in [6.07, 6.45) is -0.809. The molecule has 1 atom stereocenters. The summed E-state index contributed by atoms with van der Waals surface area (Å²) in [6, 6.07) is 6.74. The van der Waals surface area contributed by atoms with E-state index in [9.17, 15) is 19.5 Å². The molecule has 1 aromatic rings. The SMILES string of the molecule is CC(=O)CCC(=O)CN1C(=O)c2ccccc2C1O. The van der Waals surface area contributed by atoms with Crippen LogP contribution in [0.4, 0.5) is 0 Å². The van der Waals surface area contributed by atoms with Crippen molar-refractivity contribution in [3.05, 3.63) is 35.4 Å². The maximum atomic E-state index is 12.0. The van der Waals surface area contributed by atoms with Gasteiger partial charge in [0.1, 0.15) is 5.78 Å². The molecule has 1 amide bonds. The largest absolute Gasteiger partial charge is 0.369 e. The number of ketones is 2. The van der Waals surface area contributed by atoms with Gasteiger partial charge in [-0.15, -0.1) is 0 Å². The summed E-state index contributed by atoms with van der Waals surface area (Å²) in [4.78, 5) is 35.7. The van der Waals surface area contributed by atoms with Gasteiger partial charge in [-0.1, -0.05) is 18.2 Å². The van der Waals surface area contributed by atoms with E-state index in [0.717, 1.165) is 4.90 Å². The van der Waals surface area contributed by atoms with Gasteiger partial charge in [0.05, 0.1) is 6.54 Å². The van der Waals surface area contributed by atoms with Crippen LogP contribution in [0.3, 0.4) is 0 Å². The Balaban J connectivity index is 2.06. The van der Waals surface area contributed by atoms with Gasteiger partial charge in [0.2, 0.25) is 0 Å². The fourth-order valence-electron chi connectivity index (χ4n) is 2.09. The molecule has 1 aliphatic heterocycles. The normalized spacial score (nSPS) is 17.5. The van der Waals surface area contributed by atoms with E-state index in [1.165, 1.54) is 6.92 Å². The smallest absolute Gasteiger partial charge is 0.257 e. The number of hydrogen-bond donors (Lipinski definition) is 1. The van der Waals surface area contributed by atoms with Crippen LogP contribution in [-0.4, -0.2) is 34.0 Å². The summed E-state index contributed by atoms with van der Waals surface area (Å²) < 4.78 is 0. The molecule has 1 heterocycles. The van der Waals surface area contributed by atoms with Crippen molar-refractivity contribution in [3.8, 4) is 0 Å². The van der Waals surface area contributed by atoms with E-state index in [1.807, 2.05) is 0 Å². The number of hydrogen-bond acceptors (Lipinski definition) is 4. The summed E-state index contributed by atoms with van der Waals surface area (Å²) in [5.41, 5.74) is 0.946. The Hall–Kier alpha value is -2.01. The monoisotopic (exact) mass is 261 g/mol. The Morgan fingerprint density at radius 3 is 2.58 bits per heavy atom. The third-order valence-corrected chi connectivity index (χ3v) is 3.13. The number of fused-ring (bicyclic) bond motifs is 1. The predicted octanol–water partition coefficient (Wildman–Crippen LogP) is 1.07. The zero-order valence-corrected chi connectivity index (χ0v) is 10.6. The van der Waals surface area contributed by atoms with Crippen molar-refractivity contribution in [2.45, 2.75) is 26.0 Å². The van der Waals surface area contributed by atoms with Gasteiger partial charge in [-0.25, -0.2) is 0 Å². The predicted molar refractivity (Wildman–Crippen MR) is 67.4 cm³/mol. The van der Waals surface area contributed by atoms with Gasteiger partial charge >= 0.3 is 0 Å². The van der Waals surface area contributed by atoms with Crippen molar-refractivity contribution in [2.75, 3.05) is 6.54 Å². The number of nitrogens with zero attached hydrogens (tertiary/aromatic N) is 1. The second kappa shape index (κ2) is 5.32. The molecule has 0 radical (unpaired) electrons.